The molecular formula is C9H10N2O. The Morgan fingerprint density at radius 1 is 1.33 bits per heavy atom. The van der Waals surface area contributed by atoms with Crippen molar-refractivity contribution >= 4 is 11.4 Å². The zero-order chi connectivity index (χ0) is 8.97. The Balaban J connectivity index is 2.94. The Morgan fingerprint density at radius 3 is 2.42 bits per heavy atom. The number of rotatable bonds is 2. The van der Waals surface area contributed by atoms with Gasteiger partial charge in [0.05, 0.1) is 5.71 Å². The average Bonchev–Trinajstić information content (AvgIpc) is 2.17. The van der Waals surface area contributed by atoms with Gasteiger partial charge in [-0.15, -0.1) is 0 Å². The van der Waals surface area contributed by atoms with Gasteiger partial charge in [-0.05, 0) is 6.92 Å². The summed E-state index contributed by atoms with van der Waals surface area (Å²) in [4.78, 5) is 0. The summed E-state index contributed by atoms with van der Waals surface area (Å²) in [7, 11) is 0. The molecule has 0 aromatic heterocycles. The van der Waals surface area contributed by atoms with Crippen LogP contribution in [0.2, 0.25) is 0 Å². The largest absolute Gasteiger partial charge is 0.411 e. The molecule has 3 nitrogen and oxygen atoms in total. The maximum atomic E-state index is 8.41. The summed E-state index contributed by atoms with van der Waals surface area (Å²) < 4.78 is 0. The number of nitrogens with one attached hydrogen (secondary N) is 1. The Kier molecular flexibility index (Phi) is 2.58. The van der Waals surface area contributed by atoms with Crippen molar-refractivity contribution in [2.45, 2.75) is 6.92 Å². The highest BCUT2D eigenvalue weighted by Gasteiger charge is 2.03. The lowest BCUT2D eigenvalue weighted by molar-refractivity contribution is 0.320. The molecule has 1 rings (SSSR count). The van der Waals surface area contributed by atoms with E-state index in [4.69, 9.17) is 10.6 Å². The first-order chi connectivity index (χ1) is 5.75. The van der Waals surface area contributed by atoms with Crippen LogP contribution in [0.15, 0.2) is 35.5 Å². The number of hydrogen-bond donors (Lipinski definition) is 2. The number of benzene rings is 1. The smallest absolute Gasteiger partial charge is 0.102 e. The summed E-state index contributed by atoms with van der Waals surface area (Å²) in [5.74, 6) is 0. The lowest BCUT2D eigenvalue weighted by Gasteiger charge is -1.99. The Labute approximate surface area is 70.9 Å². The van der Waals surface area contributed by atoms with Gasteiger partial charge in [-0.3, -0.25) is 5.41 Å². The molecule has 0 aliphatic heterocycles. The Morgan fingerprint density at radius 2 is 1.92 bits per heavy atom. The number of nitrogens with zero attached hydrogens (tertiary/aromatic N) is 1. The maximum absolute atomic E-state index is 8.41. The highest BCUT2D eigenvalue weighted by atomic mass is 16.4. The summed E-state index contributed by atoms with van der Waals surface area (Å²) in [6.07, 6.45) is 0. The van der Waals surface area contributed by atoms with Gasteiger partial charge in [0, 0.05) is 5.56 Å². The van der Waals surface area contributed by atoms with Crippen LogP contribution in [0.4, 0.5) is 0 Å². The molecule has 0 aliphatic rings. The van der Waals surface area contributed by atoms with Gasteiger partial charge in [-0.2, -0.15) is 0 Å². The second-order valence-electron chi connectivity index (χ2n) is 2.43. The van der Waals surface area contributed by atoms with Crippen molar-refractivity contribution < 1.29 is 5.21 Å². The van der Waals surface area contributed by atoms with Crippen LogP contribution < -0.4 is 0 Å². The molecule has 0 saturated heterocycles. The van der Waals surface area contributed by atoms with E-state index in [1.54, 1.807) is 19.1 Å². The van der Waals surface area contributed by atoms with Gasteiger partial charge in [0.15, 0.2) is 0 Å². The predicted octanol–water partition coefficient (Wildman–Crippen LogP) is 1.90. The third-order valence-electron chi connectivity index (χ3n) is 1.57. The van der Waals surface area contributed by atoms with Crippen LogP contribution in [0.3, 0.4) is 0 Å². The molecule has 0 heterocycles. The lowest BCUT2D eigenvalue weighted by Crippen LogP contribution is -2.09. The van der Waals surface area contributed by atoms with Crippen LogP contribution in [0, 0.1) is 5.41 Å². The van der Waals surface area contributed by atoms with Crippen molar-refractivity contribution in [2.24, 2.45) is 5.16 Å². The molecule has 0 radical (unpaired) electrons. The number of oxime groups is 1. The maximum Gasteiger partial charge on any atom is 0.102 e. The zero-order valence-corrected chi connectivity index (χ0v) is 6.78. The van der Waals surface area contributed by atoms with Crippen molar-refractivity contribution in [3.8, 4) is 0 Å². The van der Waals surface area contributed by atoms with Crippen LogP contribution in [0.5, 0.6) is 0 Å². The molecule has 1 aromatic rings. The highest BCUT2D eigenvalue weighted by molar-refractivity contribution is 6.46. The van der Waals surface area contributed by atoms with Gasteiger partial charge in [-0.25, -0.2) is 0 Å². The van der Waals surface area contributed by atoms with E-state index in [2.05, 4.69) is 5.16 Å². The van der Waals surface area contributed by atoms with Crippen molar-refractivity contribution in [1.82, 2.24) is 0 Å². The standard InChI is InChI=1S/C9H10N2O/c1-7(11-12)9(10)8-5-3-2-4-6-8/h2-6,10,12H,1H3. The molecule has 0 atom stereocenters. The topological polar surface area (TPSA) is 56.4 Å². The van der Waals surface area contributed by atoms with Crippen molar-refractivity contribution in [2.75, 3.05) is 0 Å². The normalized spacial score (nSPS) is 11.2. The van der Waals surface area contributed by atoms with Crippen LogP contribution >= 0.6 is 0 Å². The van der Waals surface area contributed by atoms with Crippen LogP contribution in [0.1, 0.15) is 12.5 Å². The molecule has 62 valence electrons. The predicted molar refractivity (Wildman–Crippen MR) is 48.2 cm³/mol. The number of hydrogen-bond acceptors (Lipinski definition) is 3. The van der Waals surface area contributed by atoms with Crippen LogP contribution in [-0.2, 0) is 0 Å². The van der Waals surface area contributed by atoms with E-state index in [9.17, 15) is 0 Å². The van der Waals surface area contributed by atoms with E-state index in [-0.39, 0.29) is 5.71 Å². The van der Waals surface area contributed by atoms with Gasteiger partial charge in [-0.1, -0.05) is 35.5 Å². The highest BCUT2D eigenvalue weighted by Crippen LogP contribution is 2.00. The molecule has 0 bridgehead atoms. The summed E-state index contributed by atoms with van der Waals surface area (Å²) >= 11 is 0. The van der Waals surface area contributed by atoms with E-state index in [1.165, 1.54) is 0 Å². The van der Waals surface area contributed by atoms with E-state index >= 15 is 0 Å². The van der Waals surface area contributed by atoms with E-state index in [0.717, 1.165) is 5.56 Å². The second kappa shape index (κ2) is 3.67. The minimum atomic E-state index is 0.248. The van der Waals surface area contributed by atoms with Crippen LogP contribution in [-0.4, -0.2) is 16.6 Å². The van der Waals surface area contributed by atoms with Gasteiger partial charge in [0.1, 0.15) is 5.71 Å². The minimum Gasteiger partial charge on any atom is -0.411 e. The van der Waals surface area contributed by atoms with Gasteiger partial charge in [0.2, 0.25) is 0 Å². The summed E-state index contributed by atoms with van der Waals surface area (Å²) in [5, 5.41) is 18.9. The van der Waals surface area contributed by atoms with Crippen LogP contribution in [0.25, 0.3) is 0 Å². The van der Waals surface area contributed by atoms with Crippen molar-refractivity contribution in [3.63, 3.8) is 0 Å². The molecule has 1 aromatic carbocycles. The fourth-order valence-electron chi connectivity index (χ4n) is 0.864. The van der Waals surface area contributed by atoms with E-state index < -0.39 is 0 Å². The summed E-state index contributed by atoms with van der Waals surface area (Å²) in [6.45, 7) is 1.59. The third-order valence-corrected chi connectivity index (χ3v) is 1.57. The zero-order valence-electron chi connectivity index (χ0n) is 6.78. The minimum absolute atomic E-state index is 0.248. The molecule has 0 fully saturated rings. The molecule has 12 heavy (non-hydrogen) atoms. The fraction of sp³-hybridized carbons (Fsp3) is 0.111. The second-order valence-corrected chi connectivity index (χ2v) is 2.43. The van der Waals surface area contributed by atoms with Crippen molar-refractivity contribution in [3.05, 3.63) is 35.9 Å². The van der Waals surface area contributed by atoms with Gasteiger partial charge in [0.25, 0.3) is 0 Å². The van der Waals surface area contributed by atoms with Gasteiger partial charge < -0.3 is 5.21 Å². The van der Waals surface area contributed by atoms with Gasteiger partial charge >= 0.3 is 0 Å². The molecule has 0 aliphatic carbocycles. The molecule has 0 amide bonds. The molecule has 3 heteroatoms. The van der Waals surface area contributed by atoms with Crippen molar-refractivity contribution in [1.29, 1.82) is 5.41 Å². The Hall–Kier alpha value is -1.64. The third kappa shape index (κ3) is 1.69. The molecule has 0 spiro atoms. The fourth-order valence-corrected chi connectivity index (χ4v) is 0.864. The summed E-state index contributed by atoms with van der Waals surface area (Å²) in [5.41, 5.74) is 1.33. The first-order valence-corrected chi connectivity index (χ1v) is 3.58. The molecular weight excluding hydrogens is 152 g/mol. The lowest BCUT2D eigenvalue weighted by atomic mass is 10.1. The molecule has 0 unspecified atom stereocenters. The average molecular weight is 162 g/mol. The van der Waals surface area contributed by atoms with E-state index in [1.807, 2.05) is 18.2 Å². The first kappa shape index (κ1) is 8.46. The monoisotopic (exact) mass is 162 g/mol. The first-order valence-electron chi connectivity index (χ1n) is 3.58. The summed E-state index contributed by atoms with van der Waals surface area (Å²) in [6, 6.07) is 9.17. The SMILES string of the molecule is CC(=NO)C(=N)c1ccccc1. The molecule has 0 saturated carbocycles. The Bertz CT molecular complexity index is 304. The molecule has 2 N–H and O–H groups in total. The van der Waals surface area contributed by atoms with E-state index in [0.29, 0.717) is 5.71 Å². The quantitative estimate of drug-likeness (QED) is 0.389.